The van der Waals surface area contributed by atoms with Crippen molar-refractivity contribution >= 4 is 12.0 Å². The van der Waals surface area contributed by atoms with E-state index in [2.05, 4.69) is 4.99 Å². The Kier molecular flexibility index (Phi) is 3.97. The fourth-order valence-electron chi connectivity index (χ4n) is 1.08. The molecule has 0 heterocycles. The van der Waals surface area contributed by atoms with E-state index in [1.165, 1.54) is 0 Å². The summed E-state index contributed by atoms with van der Waals surface area (Å²) in [5, 5.41) is 0. The Labute approximate surface area is 90.1 Å². The summed E-state index contributed by atoms with van der Waals surface area (Å²) in [5.41, 5.74) is 0.755. The first-order chi connectivity index (χ1) is 7.17. The smallest absolute Gasteiger partial charge is 0.144 e. The molecule has 0 radical (unpaired) electrons. The molecule has 0 amide bonds. The van der Waals surface area contributed by atoms with Crippen LogP contribution in [0.5, 0.6) is 11.5 Å². The predicted octanol–water partition coefficient (Wildman–Crippen LogP) is 1.93. The van der Waals surface area contributed by atoms with Crippen LogP contribution in [0, 0.1) is 0 Å². The fourth-order valence-corrected chi connectivity index (χ4v) is 1.08. The van der Waals surface area contributed by atoms with Gasteiger partial charge in [-0.15, -0.1) is 0 Å². The Bertz CT molecular complexity index is 348. The highest BCUT2D eigenvalue weighted by atomic mass is 16.5. The molecular formula is C11H16N2O2. The van der Waals surface area contributed by atoms with Gasteiger partial charge in [0.15, 0.2) is 0 Å². The molecule has 0 aliphatic carbocycles. The Morgan fingerprint density at radius 3 is 2.47 bits per heavy atom. The third-order valence-electron chi connectivity index (χ3n) is 1.81. The second-order valence-electron chi connectivity index (χ2n) is 3.25. The van der Waals surface area contributed by atoms with Gasteiger partial charge in [0.05, 0.1) is 20.6 Å². The van der Waals surface area contributed by atoms with Crippen molar-refractivity contribution in [1.29, 1.82) is 0 Å². The van der Waals surface area contributed by atoms with Crippen LogP contribution in [0.4, 0.5) is 5.69 Å². The summed E-state index contributed by atoms with van der Waals surface area (Å²) in [6, 6.07) is 5.51. The molecule has 4 heteroatoms. The number of methoxy groups -OCH3 is 2. The summed E-state index contributed by atoms with van der Waals surface area (Å²) >= 11 is 0. The Morgan fingerprint density at radius 1 is 1.20 bits per heavy atom. The predicted molar refractivity (Wildman–Crippen MR) is 61.4 cm³/mol. The van der Waals surface area contributed by atoms with Crippen LogP contribution in [0.2, 0.25) is 0 Å². The summed E-state index contributed by atoms with van der Waals surface area (Å²) in [6.45, 7) is 0. The van der Waals surface area contributed by atoms with E-state index in [4.69, 9.17) is 9.47 Å². The van der Waals surface area contributed by atoms with Gasteiger partial charge in [0.1, 0.15) is 17.2 Å². The topological polar surface area (TPSA) is 34.1 Å². The van der Waals surface area contributed by atoms with E-state index in [-0.39, 0.29) is 0 Å². The Morgan fingerprint density at radius 2 is 1.93 bits per heavy atom. The third kappa shape index (κ3) is 3.16. The molecule has 0 aliphatic heterocycles. The van der Waals surface area contributed by atoms with Gasteiger partial charge in [-0.05, 0) is 12.1 Å². The average Bonchev–Trinajstić information content (AvgIpc) is 2.25. The first-order valence-corrected chi connectivity index (χ1v) is 4.60. The summed E-state index contributed by atoms with van der Waals surface area (Å²) in [4.78, 5) is 6.14. The van der Waals surface area contributed by atoms with Gasteiger partial charge in [-0.1, -0.05) is 0 Å². The minimum Gasteiger partial charge on any atom is -0.497 e. The van der Waals surface area contributed by atoms with Gasteiger partial charge >= 0.3 is 0 Å². The summed E-state index contributed by atoms with van der Waals surface area (Å²) in [6.07, 6.45) is 1.72. The summed E-state index contributed by atoms with van der Waals surface area (Å²) in [5.74, 6) is 1.50. The van der Waals surface area contributed by atoms with Crippen molar-refractivity contribution in [3.63, 3.8) is 0 Å². The van der Waals surface area contributed by atoms with Crippen LogP contribution in [0.1, 0.15) is 0 Å². The molecule has 0 saturated carbocycles. The van der Waals surface area contributed by atoms with Crippen molar-refractivity contribution in [2.45, 2.75) is 0 Å². The molecule has 82 valence electrons. The number of rotatable bonds is 4. The third-order valence-corrected chi connectivity index (χ3v) is 1.81. The van der Waals surface area contributed by atoms with E-state index >= 15 is 0 Å². The van der Waals surface area contributed by atoms with E-state index in [0.717, 1.165) is 17.2 Å². The van der Waals surface area contributed by atoms with Crippen molar-refractivity contribution < 1.29 is 9.47 Å². The van der Waals surface area contributed by atoms with Gasteiger partial charge in [-0.25, -0.2) is 4.99 Å². The molecule has 1 rings (SSSR count). The molecule has 0 atom stereocenters. The maximum absolute atomic E-state index is 5.19. The zero-order valence-electron chi connectivity index (χ0n) is 9.52. The SMILES string of the molecule is COc1ccc(OC)c(N=CN(C)C)c1. The lowest BCUT2D eigenvalue weighted by Gasteiger charge is -2.08. The van der Waals surface area contributed by atoms with Gasteiger partial charge in [-0.2, -0.15) is 0 Å². The van der Waals surface area contributed by atoms with E-state index in [9.17, 15) is 0 Å². The quantitative estimate of drug-likeness (QED) is 0.560. The zero-order valence-corrected chi connectivity index (χ0v) is 9.52. The molecule has 0 aliphatic rings. The van der Waals surface area contributed by atoms with Crippen molar-refractivity contribution in [2.75, 3.05) is 28.3 Å². The van der Waals surface area contributed by atoms with Crippen molar-refractivity contribution in [3.8, 4) is 11.5 Å². The number of nitrogens with zero attached hydrogens (tertiary/aromatic N) is 2. The van der Waals surface area contributed by atoms with Crippen LogP contribution in [0.3, 0.4) is 0 Å². The highest BCUT2D eigenvalue weighted by Gasteiger charge is 2.02. The number of hydrogen-bond acceptors (Lipinski definition) is 3. The molecular weight excluding hydrogens is 192 g/mol. The molecule has 0 N–H and O–H groups in total. The molecule has 1 aromatic carbocycles. The Balaban J connectivity index is 3.01. The van der Waals surface area contributed by atoms with Gasteiger partial charge < -0.3 is 14.4 Å². The first kappa shape index (κ1) is 11.4. The zero-order chi connectivity index (χ0) is 11.3. The molecule has 0 saturated heterocycles. The fraction of sp³-hybridized carbons (Fsp3) is 0.364. The lowest BCUT2D eigenvalue weighted by molar-refractivity contribution is 0.404. The van der Waals surface area contributed by atoms with Crippen LogP contribution in [-0.4, -0.2) is 39.6 Å². The second-order valence-corrected chi connectivity index (χ2v) is 3.25. The lowest BCUT2D eigenvalue weighted by Crippen LogP contribution is -2.07. The maximum atomic E-state index is 5.19. The van der Waals surface area contributed by atoms with Crippen LogP contribution < -0.4 is 9.47 Å². The lowest BCUT2D eigenvalue weighted by atomic mass is 10.3. The van der Waals surface area contributed by atoms with Gasteiger partial charge in [0.25, 0.3) is 0 Å². The van der Waals surface area contributed by atoms with Gasteiger partial charge in [-0.3, -0.25) is 0 Å². The van der Waals surface area contributed by atoms with E-state index in [1.54, 1.807) is 20.6 Å². The molecule has 0 unspecified atom stereocenters. The minimum atomic E-state index is 0.730. The molecule has 0 bridgehead atoms. The standard InChI is InChI=1S/C11H16N2O2/c1-13(2)8-12-10-7-9(14-3)5-6-11(10)15-4/h5-8H,1-4H3. The van der Waals surface area contributed by atoms with Crippen LogP contribution >= 0.6 is 0 Å². The normalized spacial score (nSPS) is 10.4. The van der Waals surface area contributed by atoms with Crippen molar-refractivity contribution in [3.05, 3.63) is 18.2 Å². The van der Waals surface area contributed by atoms with Crippen LogP contribution in [-0.2, 0) is 0 Å². The number of hydrogen-bond donors (Lipinski definition) is 0. The molecule has 1 aromatic rings. The number of aliphatic imine (C=N–C) groups is 1. The van der Waals surface area contributed by atoms with Crippen LogP contribution in [0.25, 0.3) is 0 Å². The average molecular weight is 208 g/mol. The highest BCUT2D eigenvalue weighted by Crippen LogP contribution is 2.30. The van der Waals surface area contributed by atoms with Crippen molar-refractivity contribution in [2.24, 2.45) is 4.99 Å². The van der Waals surface area contributed by atoms with Crippen molar-refractivity contribution in [1.82, 2.24) is 4.90 Å². The molecule has 0 spiro atoms. The van der Waals surface area contributed by atoms with Gasteiger partial charge in [0.2, 0.25) is 0 Å². The molecule has 4 nitrogen and oxygen atoms in total. The Hall–Kier alpha value is -1.71. The highest BCUT2D eigenvalue weighted by molar-refractivity contribution is 5.66. The van der Waals surface area contributed by atoms with Crippen LogP contribution in [0.15, 0.2) is 23.2 Å². The van der Waals surface area contributed by atoms with E-state index in [1.807, 2.05) is 37.2 Å². The largest absolute Gasteiger partial charge is 0.497 e. The maximum Gasteiger partial charge on any atom is 0.144 e. The summed E-state index contributed by atoms with van der Waals surface area (Å²) < 4.78 is 10.3. The molecule has 0 aromatic heterocycles. The summed E-state index contributed by atoms with van der Waals surface area (Å²) in [7, 11) is 7.07. The number of benzene rings is 1. The minimum absolute atomic E-state index is 0.730. The van der Waals surface area contributed by atoms with E-state index < -0.39 is 0 Å². The van der Waals surface area contributed by atoms with Gasteiger partial charge in [0, 0.05) is 20.2 Å². The second kappa shape index (κ2) is 5.24. The monoisotopic (exact) mass is 208 g/mol. The first-order valence-electron chi connectivity index (χ1n) is 4.60. The number of ether oxygens (including phenoxy) is 2. The molecule has 15 heavy (non-hydrogen) atoms. The van der Waals surface area contributed by atoms with E-state index in [0.29, 0.717) is 0 Å². The molecule has 0 fully saturated rings.